The summed E-state index contributed by atoms with van der Waals surface area (Å²) in [5, 5.41) is 0. The van der Waals surface area contributed by atoms with Crippen LogP contribution in [0.15, 0.2) is 0 Å². The smallest absolute Gasteiger partial charge is 0.0328 e. The number of hydrogen-bond donors (Lipinski definition) is 1. The van der Waals surface area contributed by atoms with Crippen LogP contribution in [0.25, 0.3) is 0 Å². The fraction of sp³-hybridized carbons (Fsp3) is 1.00. The summed E-state index contributed by atoms with van der Waals surface area (Å²) in [5.41, 5.74) is 6.36. The first-order chi connectivity index (χ1) is 7.50. The molecule has 96 valence electrons. The molecule has 0 spiro atoms. The van der Waals surface area contributed by atoms with Gasteiger partial charge in [-0.2, -0.15) is 0 Å². The van der Waals surface area contributed by atoms with Crippen LogP contribution in [0.1, 0.15) is 52.9 Å². The second-order valence-electron chi connectivity index (χ2n) is 6.22. The van der Waals surface area contributed by atoms with Crippen molar-refractivity contribution in [2.24, 2.45) is 17.6 Å². The van der Waals surface area contributed by atoms with Crippen molar-refractivity contribution in [1.29, 1.82) is 0 Å². The third kappa shape index (κ3) is 3.46. The highest BCUT2D eigenvalue weighted by Gasteiger charge is 2.36. The zero-order valence-corrected chi connectivity index (χ0v) is 11.6. The van der Waals surface area contributed by atoms with Crippen molar-refractivity contribution in [1.82, 2.24) is 4.90 Å². The number of hydrogen-bond acceptors (Lipinski definition) is 2. The van der Waals surface area contributed by atoms with Crippen LogP contribution in [0.5, 0.6) is 0 Å². The number of nitrogens with zero attached hydrogens (tertiary/aromatic N) is 1. The lowest BCUT2D eigenvalue weighted by molar-refractivity contribution is 0.0642. The van der Waals surface area contributed by atoms with Crippen LogP contribution in [0.2, 0.25) is 0 Å². The Morgan fingerprint density at radius 2 is 1.88 bits per heavy atom. The molecule has 0 saturated heterocycles. The molecular formula is C14H30N2. The molecule has 0 aromatic carbocycles. The zero-order valence-electron chi connectivity index (χ0n) is 11.6. The van der Waals surface area contributed by atoms with Crippen LogP contribution >= 0.6 is 0 Å². The lowest BCUT2D eigenvalue weighted by Crippen LogP contribution is -2.54. The molecule has 0 amide bonds. The quantitative estimate of drug-likeness (QED) is 0.781. The van der Waals surface area contributed by atoms with Gasteiger partial charge in [0.1, 0.15) is 0 Å². The molecule has 1 rings (SSSR count). The van der Waals surface area contributed by atoms with Crippen molar-refractivity contribution < 1.29 is 0 Å². The number of likely N-dealkylation sites (N-methyl/N-ethyl adjacent to an activating group) is 1. The van der Waals surface area contributed by atoms with Gasteiger partial charge in [0.2, 0.25) is 0 Å². The SMILES string of the molecule is CC(C)CCN(C)C1(CN)CCC(C)CC1. The average molecular weight is 226 g/mol. The van der Waals surface area contributed by atoms with Crippen LogP contribution in [0.4, 0.5) is 0 Å². The van der Waals surface area contributed by atoms with Gasteiger partial charge in [-0.1, -0.05) is 20.8 Å². The lowest BCUT2D eigenvalue weighted by Gasteiger charge is -2.45. The van der Waals surface area contributed by atoms with E-state index in [1.165, 1.54) is 38.6 Å². The van der Waals surface area contributed by atoms with Gasteiger partial charge in [-0.05, 0) is 57.5 Å². The van der Waals surface area contributed by atoms with Gasteiger partial charge in [0.25, 0.3) is 0 Å². The highest BCUT2D eigenvalue weighted by Crippen LogP contribution is 2.35. The van der Waals surface area contributed by atoms with Gasteiger partial charge in [0.15, 0.2) is 0 Å². The van der Waals surface area contributed by atoms with Gasteiger partial charge < -0.3 is 5.73 Å². The first kappa shape index (κ1) is 14.0. The van der Waals surface area contributed by atoms with Gasteiger partial charge in [0.05, 0.1) is 0 Å². The topological polar surface area (TPSA) is 29.3 Å². The zero-order chi connectivity index (χ0) is 12.2. The summed E-state index contributed by atoms with van der Waals surface area (Å²) in [7, 11) is 2.27. The molecule has 0 aromatic heterocycles. The Morgan fingerprint density at radius 1 is 1.31 bits per heavy atom. The molecule has 2 heteroatoms. The van der Waals surface area contributed by atoms with Crippen LogP contribution in [-0.2, 0) is 0 Å². The fourth-order valence-corrected chi connectivity index (χ4v) is 2.73. The van der Waals surface area contributed by atoms with Crippen LogP contribution < -0.4 is 5.73 Å². The van der Waals surface area contributed by atoms with Crippen molar-refractivity contribution in [2.75, 3.05) is 20.1 Å². The summed E-state index contributed by atoms with van der Waals surface area (Å²) < 4.78 is 0. The standard InChI is InChI=1S/C14H30N2/c1-12(2)7-10-16(4)14(11-15)8-5-13(3)6-9-14/h12-13H,5-11,15H2,1-4H3. The number of nitrogens with two attached hydrogens (primary N) is 1. The van der Waals surface area contributed by atoms with E-state index in [-0.39, 0.29) is 0 Å². The van der Waals surface area contributed by atoms with Gasteiger partial charge >= 0.3 is 0 Å². The Morgan fingerprint density at radius 3 is 2.31 bits per heavy atom. The van der Waals surface area contributed by atoms with Gasteiger partial charge in [-0.3, -0.25) is 4.90 Å². The van der Waals surface area contributed by atoms with E-state index in [4.69, 9.17) is 5.73 Å². The molecule has 1 aliphatic carbocycles. The predicted octanol–water partition coefficient (Wildman–Crippen LogP) is 2.87. The first-order valence-corrected chi connectivity index (χ1v) is 6.91. The van der Waals surface area contributed by atoms with Gasteiger partial charge in [0, 0.05) is 12.1 Å². The summed E-state index contributed by atoms with van der Waals surface area (Å²) in [5.74, 6) is 1.69. The number of rotatable bonds is 5. The van der Waals surface area contributed by atoms with Crippen LogP contribution in [-0.4, -0.2) is 30.6 Å². The van der Waals surface area contributed by atoms with E-state index in [1.54, 1.807) is 0 Å². The van der Waals surface area contributed by atoms with Crippen molar-refractivity contribution in [3.05, 3.63) is 0 Å². The Kier molecular flexibility index (Phi) is 5.26. The molecule has 0 heterocycles. The third-order valence-electron chi connectivity index (χ3n) is 4.44. The summed E-state index contributed by atoms with van der Waals surface area (Å²) in [6.45, 7) is 8.99. The van der Waals surface area contributed by atoms with Crippen LogP contribution in [0, 0.1) is 11.8 Å². The van der Waals surface area contributed by atoms with E-state index in [0.717, 1.165) is 18.4 Å². The summed E-state index contributed by atoms with van der Waals surface area (Å²) in [6.07, 6.45) is 6.57. The second-order valence-corrected chi connectivity index (χ2v) is 6.22. The predicted molar refractivity (Wildman–Crippen MR) is 71.5 cm³/mol. The molecule has 0 aromatic rings. The molecule has 1 fully saturated rings. The van der Waals surface area contributed by atoms with Crippen molar-refractivity contribution in [3.63, 3.8) is 0 Å². The molecule has 0 radical (unpaired) electrons. The minimum Gasteiger partial charge on any atom is -0.329 e. The highest BCUT2D eigenvalue weighted by atomic mass is 15.2. The Hall–Kier alpha value is -0.0800. The van der Waals surface area contributed by atoms with Crippen molar-refractivity contribution in [2.45, 2.75) is 58.4 Å². The lowest BCUT2D eigenvalue weighted by atomic mass is 9.76. The third-order valence-corrected chi connectivity index (χ3v) is 4.44. The summed E-state index contributed by atoms with van der Waals surface area (Å²) >= 11 is 0. The molecule has 16 heavy (non-hydrogen) atoms. The van der Waals surface area contributed by atoms with E-state index in [9.17, 15) is 0 Å². The second kappa shape index (κ2) is 6.02. The normalized spacial score (nSPS) is 31.3. The van der Waals surface area contributed by atoms with E-state index < -0.39 is 0 Å². The Labute approximate surface area is 102 Å². The molecule has 2 N–H and O–H groups in total. The molecule has 1 saturated carbocycles. The minimum atomic E-state index is 0.307. The Bertz CT molecular complexity index is 193. The molecule has 0 bridgehead atoms. The van der Waals surface area contributed by atoms with E-state index in [2.05, 4.69) is 32.7 Å². The van der Waals surface area contributed by atoms with Gasteiger partial charge in [-0.25, -0.2) is 0 Å². The monoisotopic (exact) mass is 226 g/mol. The maximum absolute atomic E-state index is 6.05. The largest absolute Gasteiger partial charge is 0.329 e. The van der Waals surface area contributed by atoms with Gasteiger partial charge in [-0.15, -0.1) is 0 Å². The van der Waals surface area contributed by atoms with E-state index >= 15 is 0 Å². The molecule has 0 aliphatic heterocycles. The molecule has 0 atom stereocenters. The maximum atomic E-state index is 6.05. The Balaban J connectivity index is 2.51. The molecule has 2 nitrogen and oxygen atoms in total. The first-order valence-electron chi connectivity index (χ1n) is 6.91. The molecule has 1 aliphatic rings. The average Bonchev–Trinajstić information content (AvgIpc) is 2.27. The minimum absolute atomic E-state index is 0.307. The summed E-state index contributed by atoms with van der Waals surface area (Å²) in [6, 6.07) is 0. The summed E-state index contributed by atoms with van der Waals surface area (Å²) in [4.78, 5) is 2.54. The van der Waals surface area contributed by atoms with Crippen molar-refractivity contribution in [3.8, 4) is 0 Å². The maximum Gasteiger partial charge on any atom is 0.0328 e. The molecule has 0 unspecified atom stereocenters. The highest BCUT2D eigenvalue weighted by molar-refractivity contribution is 4.94. The van der Waals surface area contributed by atoms with Crippen LogP contribution in [0.3, 0.4) is 0 Å². The van der Waals surface area contributed by atoms with E-state index in [0.29, 0.717) is 5.54 Å². The fourth-order valence-electron chi connectivity index (χ4n) is 2.73. The van der Waals surface area contributed by atoms with E-state index in [1.807, 2.05) is 0 Å². The molecular weight excluding hydrogens is 196 g/mol. The van der Waals surface area contributed by atoms with Crippen molar-refractivity contribution >= 4 is 0 Å².